The van der Waals surface area contributed by atoms with Gasteiger partial charge in [0.05, 0.1) is 5.02 Å². The summed E-state index contributed by atoms with van der Waals surface area (Å²) in [5.41, 5.74) is 3.06. The van der Waals surface area contributed by atoms with Gasteiger partial charge in [-0.25, -0.2) is 14.8 Å². The summed E-state index contributed by atoms with van der Waals surface area (Å²) < 4.78 is 1.68. The SMILES string of the molecule is CCC(C(=O)O)n1c(-c2cccc(C)c2)nc2cc(Cl)cnc21. The molecule has 1 aromatic carbocycles. The van der Waals surface area contributed by atoms with Crippen molar-refractivity contribution in [1.82, 2.24) is 14.5 Å². The molecule has 0 aliphatic rings. The third kappa shape index (κ3) is 2.80. The highest BCUT2D eigenvalue weighted by Gasteiger charge is 2.25. The fourth-order valence-corrected chi connectivity index (χ4v) is 2.86. The highest BCUT2D eigenvalue weighted by atomic mass is 35.5. The molecule has 2 heterocycles. The van der Waals surface area contributed by atoms with Gasteiger partial charge in [-0.05, 0) is 25.5 Å². The van der Waals surface area contributed by atoms with Crippen LogP contribution in [0.4, 0.5) is 0 Å². The first-order valence-corrected chi connectivity index (χ1v) is 7.72. The van der Waals surface area contributed by atoms with Crippen molar-refractivity contribution >= 4 is 28.7 Å². The van der Waals surface area contributed by atoms with E-state index in [0.717, 1.165) is 11.1 Å². The first-order valence-electron chi connectivity index (χ1n) is 7.34. The second-order valence-corrected chi connectivity index (χ2v) is 5.87. The zero-order valence-electron chi connectivity index (χ0n) is 12.8. The molecule has 0 bridgehead atoms. The lowest BCUT2D eigenvalue weighted by atomic mass is 10.1. The molecule has 23 heavy (non-hydrogen) atoms. The third-order valence-corrected chi connectivity index (χ3v) is 3.96. The second kappa shape index (κ2) is 6.01. The van der Waals surface area contributed by atoms with Crippen molar-refractivity contribution in [3.63, 3.8) is 0 Å². The number of carboxylic acid groups (broad SMARTS) is 1. The summed E-state index contributed by atoms with van der Waals surface area (Å²) in [6.45, 7) is 3.82. The number of hydrogen-bond acceptors (Lipinski definition) is 3. The number of halogens is 1. The minimum absolute atomic E-state index is 0.434. The predicted octanol–water partition coefficient (Wildman–Crippen LogP) is 4.10. The first kappa shape index (κ1) is 15.5. The van der Waals surface area contributed by atoms with E-state index in [0.29, 0.717) is 28.4 Å². The number of benzene rings is 1. The number of fused-ring (bicyclic) bond motifs is 1. The van der Waals surface area contributed by atoms with Gasteiger partial charge in [0.2, 0.25) is 0 Å². The molecule has 0 fully saturated rings. The summed E-state index contributed by atoms with van der Waals surface area (Å²) in [5, 5.41) is 10.1. The van der Waals surface area contributed by atoms with E-state index in [2.05, 4.69) is 9.97 Å². The van der Waals surface area contributed by atoms with Crippen LogP contribution in [0, 0.1) is 6.92 Å². The van der Waals surface area contributed by atoms with Gasteiger partial charge in [-0.15, -0.1) is 0 Å². The summed E-state index contributed by atoms with van der Waals surface area (Å²) >= 11 is 6.00. The van der Waals surface area contributed by atoms with Crippen LogP contribution in [0.5, 0.6) is 0 Å². The van der Waals surface area contributed by atoms with Crippen LogP contribution in [0.1, 0.15) is 24.9 Å². The van der Waals surface area contributed by atoms with Crippen molar-refractivity contribution < 1.29 is 9.90 Å². The number of nitrogens with zero attached hydrogens (tertiary/aromatic N) is 3. The number of aliphatic carboxylic acids is 1. The largest absolute Gasteiger partial charge is 0.480 e. The van der Waals surface area contributed by atoms with Crippen LogP contribution in [-0.4, -0.2) is 25.6 Å². The molecule has 118 valence electrons. The van der Waals surface area contributed by atoms with Gasteiger partial charge < -0.3 is 5.11 Å². The zero-order valence-corrected chi connectivity index (χ0v) is 13.6. The van der Waals surface area contributed by atoms with Crippen molar-refractivity contribution in [2.75, 3.05) is 0 Å². The summed E-state index contributed by atoms with van der Waals surface area (Å²) in [6.07, 6.45) is 1.95. The fraction of sp³-hybridized carbons (Fsp3) is 0.235. The van der Waals surface area contributed by atoms with Crippen molar-refractivity contribution in [2.24, 2.45) is 0 Å². The molecule has 0 amide bonds. The van der Waals surface area contributed by atoms with E-state index < -0.39 is 12.0 Å². The van der Waals surface area contributed by atoms with Gasteiger partial charge in [-0.2, -0.15) is 0 Å². The molecule has 0 saturated carbocycles. The van der Waals surface area contributed by atoms with E-state index in [1.54, 1.807) is 10.6 Å². The normalized spacial score (nSPS) is 12.5. The third-order valence-electron chi connectivity index (χ3n) is 3.76. The molecular weight excluding hydrogens is 314 g/mol. The quantitative estimate of drug-likeness (QED) is 0.782. The Hall–Kier alpha value is -2.40. The lowest BCUT2D eigenvalue weighted by Crippen LogP contribution is -2.19. The Kier molecular flexibility index (Phi) is 4.05. The smallest absolute Gasteiger partial charge is 0.326 e. The number of carboxylic acids is 1. The fourth-order valence-electron chi connectivity index (χ4n) is 2.71. The lowest BCUT2D eigenvalue weighted by molar-refractivity contribution is -0.140. The molecule has 0 aliphatic heterocycles. The minimum Gasteiger partial charge on any atom is -0.480 e. The number of carbonyl (C=O) groups is 1. The van der Waals surface area contributed by atoms with Crippen LogP contribution in [0.25, 0.3) is 22.6 Å². The van der Waals surface area contributed by atoms with E-state index in [9.17, 15) is 9.90 Å². The molecule has 0 radical (unpaired) electrons. The minimum atomic E-state index is -0.905. The number of aromatic nitrogens is 3. The predicted molar refractivity (Wildman–Crippen MR) is 89.7 cm³/mol. The van der Waals surface area contributed by atoms with Gasteiger partial charge >= 0.3 is 5.97 Å². The van der Waals surface area contributed by atoms with Crippen LogP contribution in [0.2, 0.25) is 5.02 Å². The molecule has 1 atom stereocenters. The van der Waals surface area contributed by atoms with Gasteiger partial charge in [0, 0.05) is 11.8 Å². The second-order valence-electron chi connectivity index (χ2n) is 5.43. The Labute approximate surface area is 138 Å². The van der Waals surface area contributed by atoms with Crippen LogP contribution < -0.4 is 0 Å². The Balaban J connectivity index is 2.33. The average molecular weight is 330 g/mol. The standard InChI is InChI=1S/C17H16ClN3O2/c1-3-14(17(22)23)21-15(11-6-4-5-10(2)7-11)20-13-8-12(18)9-19-16(13)21/h4-9,14H,3H2,1-2H3,(H,22,23). The molecular formula is C17H16ClN3O2. The molecule has 2 aromatic heterocycles. The summed E-state index contributed by atoms with van der Waals surface area (Å²) in [6, 6.07) is 8.78. The van der Waals surface area contributed by atoms with Crippen molar-refractivity contribution in [1.29, 1.82) is 0 Å². The topological polar surface area (TPSA) is 68.0 Å². The molecule has 0 aliphatic carbocycles. The Morgan fingerprint density at radius 1 is 1.39 bits per heavy atom. The van der Waals surface area contributed by atoms with Crippen LogP contribution in [0.3, 0.4) is 0 Å². The molecule has 5 nitrogen and oxygen atoms in total. The molecule has 3 rings (SSSR count). The highest BCUT2D eigenvalue weighted by molar-refractivity contribution is 6.31. The van der Waals surface area contributed by atoms with Gasteiger partial charge in [0.25, 0.3) is 0 Å². The van der Waals surface area contributed by atoms with Crippen molar-refractivity contribution in [3.05, 3.63) is 47.1 Å². The number of aryl methyl sites for hydroxylation is 1. The first-order chi connectivity index (χ1) is 11.0. The van der Waals surface area contributed by atoms with E-state index in [-0.39, 0.29) is 0 Å². The maximum Gasteiger partial charge on any atom is 0.326 e. The van der Waals surface area contributed by atoms with E-state index in [4.69, 9.17) is 11.6 Å². The Morgan fingerprint density at radius 2 is 2.17 bits per heavy atom. The number of rotatable bonds is 4. The monoisotopic (exact) mass is 329 g/mol. The average Bonchev–Trinajstić information content (AvgIpc) is 2.86. The number of pyridine rings is 1. The van der Waals surface area contributed by atoms with Gasteiger partial charge in [-0.1, -0.05) is 42.3 Å². The van der Waals surface area contributed by atoms with E-state index >= 15 is 0 Å². The van der Waals surface area contributed by atoms with Crippen molar-refractivity contribution in [3.8, 4) is 11.4 Å². The maximum absolute atomic E-state index is 11.7. The summed E-state index contributed by atoms with van der Waals surface area (Å²) in [4.78, 5) is 20.6. The number of imidazole rings is 1. The number of hydrogen-bond donors (Lipinski definition) is 1. The zero-order chi connectivity index (χ0) is 16.6. The lowest BCUT2D eigenvalue weighted by Gasteiger charge is -2.16. The molecule has 0 spiro atoms. The molecule has 6 heteroatoms. The van der Waals surface area contributed by atoms with E-state index in [1.807, 2.05) is 38.1 Å². The van der Waals surface area contributed by atoms with Gasteiger partial charge in [-0.3, -0.25) is 4.57 Å². The summed E-state index contributed by atoms with van der Waals surface area (Å²) in [7, 11) is 0. The molecule has 1 unspecified atom stereocenters. The summed E-state index contributed by atoms with van der Waals surface area (Å²) in [5.74, 6) is -0.315. The highest BCUT2D eigenvalue weighted by Crippen LogP contribution is 2.30. The van der Waals surface area contributed by atoms with Gasteiger partial charge in [0.15, 0.2) is 5.65 Å². The molecule has 0 saturated heterocycles. The molecule has 1 N–H and O–H groups in total. The van der Waals surface area contributed by atoms with Crippen LogP contribution >= 0.6 is 11.6 Å². The van der Waals surface area contributed by atoms with Crippen molar-refractivity contribution in [2.45, 2.75) is 26.3 Å². The van der Waals surface area contributed by atoms with Crippen LogP contribution in [-0.2, 0) is 4.79 Å². The Morgan fingerprint density at radius 3 is 2.83 bits per heavy atom. The van der Waals surface area contributed by atoms with E-state index in [1.165, 1.54) is 6.20 Å². The van der Waals surface area contributed by atoms with Crippen LogP contribution in [0.15, 0.2) is 36.5 Å². The Bertz CT molecular complexity index is 889. The molecule has 3 aromatic rings. The van der Waals surface area contributed by atoms with Gasteiger partial charge in [0.1, 0.15) is 17.4 Å². The maximum atomic E-state index is 11.7.